The van der Waals surface area contributed by atoms with Crippen LogP contribution in [0.25, 0.3) is 0 Å². The maximum Gasteiger partial charge on any atom is 0.0135 e. The van der Waals surface area contributed by atoms with E-state index in [1.807, 2.05) is 12.2 Å². The summed E-state index contributed by atoms with van der Waals surface area (Å²) in [6.45, 7) is 8.81. The standard InChI is InChI=1S/C6H11N.H3N/c1-3-5-7-6-4-2;/h3-4,7H,1-2,5-6H2;1H3. The van der Waals surface area contributed by atoms with Crippen molar-refractivity contribution in [1.82, 2.24) is 11.5 Å². The minimum Gasteiger partial charge on any atom is -0.344 e. The van der Waals surface area contributed by atoms with Crippen molar-refractivity contribution >= 4 is 0 Å². The van der Waals surface area contributed by atoms with Crippen LogP contribution in [0.1, 0.15) is 0 Å². The van der Waals surface area contributed by atoms with Crippen LogP contribution >= 0.6 is 0 Å². The molecule has 0 amide bonds. The van der Waals surface area contributed by atoms with E-state index in [9.17, 15) is 0 Å². The maximum atomic E-state index is 3.54. The fourth-order valence-corrected chi connectivity index (χ4v) is 0.287. The Morgan fingerprint density at radius 2 is 1.50 bits per heavy atom. The maximum absolute atomic E-state index is 3.54. The molecule has 0 unspecified atom stereocenters. The van der Waals surface area contributed by atoms with Crippen LogP contribution in [0.15, 0.2) is 25.3 Å². The first-order chi connectivity index (χ1) is 3.41. The van der Waals surface area contributed by atoms with E-state index < -0.39 is 0 Å². The van der Waals surface area contributed by atoms with E-state index in [-0.39, 0.29) is 6.15 Å². The highest BCUT2D eigenvalue weighted by Gasteiger charge is 1.69. The molecular weight excluding hydrogens is 100 g/mol. The lowest BCUT2D eigenvalue weighted by atomic mass is 10.5. The molecule has 48 valence electrons. The average Bonchev–Trinajstić information content (AvgIpc) is 1.69. The predicted molar refractivity (Wildman–Crippen MR) is 38.3 cm³/mol. The van der Waals surface area contributed by atoms with Crippen LogP contribution in [0, 0.1) is 0 Å². The molecule has 0 heterocycles. The minimum atomic E-state index is 0. The molecule has 0 bridgehead atoms. The molecule has 0 saturated carbocycles. The van der Waals surface area contributed by atoms with Gasteiger partial charge in [-0.15, -0.1) is 13.2 Å². The third-order valence-corrected chi connectivity index (χ3v) is 0.577. The summed E-state index contributed by atoms with van der Waals surface area (Å²) in [5.74, 6) is 0. The smallest absolute Gasteiger partial charge is 0.0135 e. The first-order valence-corrected chi connectivity index (χ1v) is 2.34. The summed E-state index contributed by atoms with van der Waals surface area (Å²) in [6, 6.07) is 0. The summed E-state index contributed by atoms with van der Waals surface area (Å²) < 4.78 is 0. The average molecular weight is 114 g/mol. The zero-order chi connectivity index (χ0) is 5.54. The largest absolute Gasteiger partial charge is 0.344 e. The highest BCUT2D eigenvalue weighted by molar-refractivity contribution is 4.75. The summed E-state index contributed by atoms with van der Waals surface area (Å²) in [4.78, 5) is 0. The van der Waals surface area contributed by atoms with E-state index >= 15 is 0 Å². The molecule has 0 radical (unpaired) electrons. The fraction of sp³-hybridized carbons (Fsp3) is 0.333. The van der Waals surface area contributed by atoms with Crippen LogP contribution in [0.3, 0.4) is 0 Å². The Balaban J connectivity index is 0. The first-order valence-electron chi connectivity index (χ1n) is 2.34. The van der Waals surface area contributed by atoms with Gasteiger partial charge in [-0.2, -0.15) is 0 Å². The van der Waals surface area contributed by atoms with Crippen LogP contribution in [0.5, 0.6) is 0 Å². The van der Waals surface area contributed by atoms with Crippen molar-refractivity contribution < 1.29 is 0 Å². The molecule has 0 spiro atoms. The lowest BCUT2D eigenvalue weighted by Crippen LogP contribution is -2.11. The lowest BCUT2D eigenvalue weighted by molar-refractivity contribution is 0.845. The van der Waals surface area contributed by atoms with Gasteiger partial charge in [0, 0.05) is 13.1 Å². The van der Waals surface area contributed by atoms with Crippen molar-refractivity contribution in [2.45, 2.75) is 0 Å². The SMILES string of the molecule is C=CCNCC=C.N. The van der Waals surface area contributed by atoms with Gasteiger partial charge in [-0.05, 0) is 0 Å². The Hall–Kier alpha value is -0.600. The molecule has 0 rings (SSSR count). The lowest BCUT2D eigenvalue weighted by Gasteiger charge is -1.90. The van der Waals surface area contributed by atoms with E-state index in [0.717, 1.165) is 13.1 Å². The second-order valence-electron chi connectivity index (χ2n) is 1.24. The molecule has 2 nitrogen and oxygen atoms in total. The molecule has 0 aromatic heterocycles. The van der Waals surface area contributed by atoms with Gasteiger partial charge in [0.1, 0.15) is 0 Å². The second-order valence-corrected chi connectivity index (χ2v) is 1.24. The van der Waals surface area contributed by atoms with Gasteiger partial charge >= 0.3 is 0 Å². The van der Waals surface area contributed by atoms with Gasteiger partial charge in [-0.3, -0.25) is 0 Å². The van der Waals surface area contributed by atoms with Gasteiger partial charge in [0.15, 0.2) is 0 Å². The Kier molecular flexibility index (Phi) is 12.5. The zero-order valence-corrected chi connectivity index (χ0v) is 5.19. The molecule has 2 heteroatoms. The Morgan fingerprint density at radius 1 is 1.12 bits per heavy atom. The molecule has 0 fully saturated rings. The van der Waals surface area contributed by atoms with Gasteiger partial charge in [0.25, 0.3) is 0 Å². The van der Waals surface area contributed by atoms with Crippen LogP contribution in [-0.4, -0.2) is 13.1 Å². The Bertz CT molecular complexity index is 51.5. The summed E-state index contributed by atoms with van der Waals surface area (Å²) in [6.07, 6.45) is 3.65. The van der Waals surface area contributed by atoms with E-state index in [4.69, 9.17) is 0 Å². The number of nitrogens with one attached hydrogen (secondary N) is 1. The Morgan fingerprint density at radius 3 is 1.75 bits per heavy atom. The number of hydrogen-bond donors (Lipinski definition) is 2. The molecule has 0 aliphatic rings. The highest BCUT2D eigenvalue weighted by Crippen LogP contribution is 1.59. The van der Waals surface area contributed by atoms with Gasteiger partial charge in [0.2, 0.25) is 0 Å². The molecule has 0 aliphatic carbocycles. The second kappa shape index (κ2) is 9.64. The number of rotatable bonds is 4. The normalized spacial score (nSPS) is 7.00. The summed E-state index contributed by atoms with van der Waals surface area (Å²) in [5.41, 5.74) is 0. The summed E-state index contributed by atoms with van der Waals surface area (Å²) in [7, 11) is 0. The predicted octanol–water partition coefficient (Wildman–Crippen LogP) is 1.11. The first kappa shape index (κ1) is 10.4. The van der Waals surface area contributed by atoms with Crippen molar-refractivity contribution in [2.75, 3.05) is 13.1 Å². The van der Waals surface area contributed by atoms with Gasteiger partial charge in [0.05, 0.1) is 0 Å². The third-order valence-electron chi connectivity index (χ3n) is 0.577. The van der Waals surface area contributed by atoms with E-state index in [1.54, 1.807) is 0 Å². The minimum absolute atomic E-state index is 0. The molecule has 0 aliphatic heterocycles. The van der Waals surface area contributed by atoms with Crippen LogP contribution in [0.4, 0.5) is 0 Å². The quantitative estimate of drug-likeness (QED) is 0.425. The molecule has 0 aromatic carbocycles. The summed E-state index contributed by atoms with van der Waals surface area (Å²) >= 11 is 0. The number of hydrogen-bond acceptors (Lipinski definition) is 2. The molecule has 0 atom stereocenters. The fourth-order valence-electron chi connectivity index (χ4n) is 0.287. The Labute approximate surface area is 50.9 Å². The molecule has 4 N–H and O–H groups in total. The molecular formula is C6H14N2. The van der Waals surface area contributed by atoms with Gasteiger partial charge in [-0.1, -0.05) is 12.2 Å². The van der Waals surface area contributed by atoms with Crippen molar-refractivity contribution in [2.24, 2.45) is 0 Å². The van der Waals surface area contributed by atoms with Crippen LogP contribution < -0.4 is 11.5 Å². The molecule has 8 heavy (non-hydrogen) atoms. The summed E-state index contributed by atoms with van der Waals surface area (Å²) in [5, 5.41) is 3.05. The van der Waals surface area contributed by atoms with E-state index in [1.165, 1.54) is 0 Å². The van der Waals surface area contributed by atoms with Crippen molar-refractivity contribution in [3.63, 3.8) is 0 Å². The molecule has 0 saturated heterocycles. The van der Waals surface area contributed by atoms with Crippen LogP contribution in [-0.2, 0) is 0 Å². The van der Waals surface area contributed by atoms with Crippen molar-refractivity contribution in [3.05, 3.63) is 25.3 Å². The van der Waals surface area contributed by atoms with Gasteiger partial charge < -0.3 is 11.5 Å². The monoisotopic (exact) mass is 114 g/mol. The van der Waals surface area contributed by atoms with Gasteiger partial charge in [-0.25, -0.2) is 0 Å². The van der Waals surface area contributed by atoms with Crippen LogP contribution in [0.2, 0.25) is 0 Å². The van der Waals surface area contributed by atoms with E-state index in [0.29, 0.717) is 0 Å². The molecule has 0 aromatic rings. The van der Waals surface area contributed by atoms with E-state index in [2.05, 4.69) is 18.5 Å². The topological polar surface area (TPSA) is 47.0 Å². The highest BCUT2D eigenvalue weighted by atomic mass is 14.8. The zero-order valence-electron chi connectivity index (χ0n) is 5.19. The van der Waals surface area contributed by atoms with Crippen molar-refractivity contribution in [1.29, 1.82) is 0 Å². The van der Waals surface area contributed by atoms with Crippen molar-refractivity contribution in [3.8, 4) is 0 Å². The third kappa shape index (κ3) is 9.04.